The van der Waals surface area contributed by atoms with Gasteiger partial charge in [-0.05, 0) is 37.3 Å². The van der Waals surface area contributed by atoms with Crippen LogP contribution in [0.3, 0.4) is 0 Å². The fraction of sp³-hybridized carbons (Fsp3) is 0.579. The number of anilines is 1. The Morgan fingerprint density at radius 2 is 2.04 bits per heavy atom. The number of halogens is 1. The van der Waals surface area contributed by atoms with Gasteiger partial charge in [0.2, 0.25) is 11.8 Å². The number of nitrogens with zero attached hydrogens (tertiary/aromatic N) is 1. The van der Waals surface area contributed by atoms with E-state index in [1.165, 1.54) is 0 Å². The third-order valence-electron chi connectivity index (χ3n) is 4.72. The van der Waals surface area contributed by atoms with E-state index >= 15 is 0 Å². The molecule has 0 bridgehead atoms. The van der Waals surface area contributed by atoms with Gasteiger partial charge in [-0.15, -0.1) is 12.4 Å². The van der Waals surface area contributed by atoms with Gasteiger partial charge in [-0.2, -0.15) is 0 Å². The summed E-state index contributed by atoms with van der Waals surface area (Å²) < 4.78 is 5.24. The van der Waals surface area contributed by atoms with Crippen LogP contribution in [0.4, 0.5) is 5.69 Å². The molecule has 0 radical (unpaired) electrons. The van der Waals surface area contributed by atoms with E-state index in [0.717, 1.165) is 25.7 Å². The van der Waals surface area contributed by atoms with Crippen LogP contribution in [0.2, 0.25) is 0 Å². The number of para-hydroxylation sites is 2. The van der Waals surface area contributed by atoms with Gasteiger partial charge in [-0.1, -0.05) is 25.5 Å². The lowest BCUT2D eigenvalue weighted by atomic mass is 9.99. The summed E-state index contributed by atoms with van der Waals surface area (Å²) in [6.07, 6.45) is 4.31. The van der Waals surface area contributed by atoms with E-state index in [0.29, 0.717) is 24.4 Å². The SMILES string of the molecule is CCCN(CC(=O)Nc1ccccc1OC)C(=O)C[C@@H]1CCC[C@H]1N.Cl. The summed E-state index contributed by atoms with van der Waals surface area (Å²) in [5.74, 6) is 0.631. The molecule has 6 nitrogen and oxygen atoms in total. The highest BCUT2D eigenvalue weighted by molar-refractivity contribution is 5.95. The summed E-state index contributed by atoms with van der Waals surface area (Å²) >= 11 is 0. The lowest BCUT2D eigenvalue weighted by Gasteiger charge is -2.24. The summed E-state index contributed by atoms with van der Waals surface area (Å²) in [4.78, 5) is 26.6. The molecule has 0 unspecified atom stereocenters. The molecule has 3 N–H and O–H groups in total. The van der Waals surface area contributed by atoms with Gasteiger partial charge in [0, 0.05) is 19.0 Å². The first kappa shape index (κ1) is 22.3. The van der Waals surface area contributed by atoms with Crippen LogP contribution in [0.1, 0.15) is 39.0 Å². The van der Waals surface area contributed by atoms with Gasteiger partial charge in [0.1, 0.15) is 5.75 Å². The second kappa shape index (κ2) is 11.0. The number of nitrogens with two attached hydrogens (primary N) is 1. The van der Waals surface area contributed by atoms with Crippen LogP contribution >= 0.6 is 12.4 Å². The number of ether oxygens (including phenoxy) is 1. The zero-order valence-corrected chi connectivity index (χ0v) is 16.4. The molecule has 1 aromatic carbocycles. The van der Waals surface area contributed by atoms with Gasteiger partial charge >= 0.3 is 0 Å². The van der Waals surface area contributed by atoms with Gasteiger partial charge in [-0.25, -0.2) is 0 Å². The van der Waals surface area contributed by atoms with E-state index in [9.17, 15) is 9.59 Å². The molecule has 0 saturated heterocycles. The largest absolute Gasteiger partial charge is 0.495 e. The van der Waals surface area contributed by atoms with Gasteiger partial charge in [0.25, 0.3) is 0 Å². The Bertz CT molecular complexity index is 597. The molecule has 1 aliphatic rings. The molecule has 7 heteroatoms. The van der Waals surface area contributed by atoms with Crippen molar-refractivity contribution in [2.75, 3.05) is 25.5 Å². The van der Waals surface area contributed by atoms with E-state index in [-0.39, 0.29) is 42.7 Å². The molecule has 2 rings (SSSR count). The Hall–Kier alpha value is -1.79. The minimum atomic E-state index is -0.220. The number of carbonyl (C=O) groups is 2. The van der Waals surface area contributed by atoms with E-state index in [1.807, 2.05) is 19.1 Å². The van der Waals surface area contributed by atoms with Crippen molar-refractivity contribution in [1.29, 1.82) is 0 Å². The monoisotopic (exact) mass is 383 g/mol. The molecule has 0 aromatic heterocycles. The summed E-state index contributed by atoms with van der Waals surface area (Å²) in [6.45, 7) is 2.62. The molecule has 0 spiro atoms. The Balaban J connectivity index is 0.00000338. The first-order chi connectivity index (χ1) is 12.0. The van der Waals surface area contributed by atoms with Gasteiger partial charge in [0.05, 0.1) is 19.3 Å². The maximum absolute atomic E-state index is 12.6. The highest BCUT2D eigenvalue weighted by atomic mass is 35.5. The number of rotatable bonds is 8. The maximum atomic E-state index is 12.6. The summed E-state index contributed by atoms with van der Waals surface area (Å²) in [7, 11) is 1.56. The topological polar surface area (TPSA) is 84.7 Å². The average Bonchev–Trinajstić information content (AvgIpc) is 2.99. The molecule has 26 heavy (non-hydrogen) atoms. The Morgan fingerprint density at radius 1 is 1.31 bits per heavy atom. The van der Waals surface area contributed by atoms with Crippen LogP contribution in [-0.2, 0) is 9.59 Å². The lowest BCUT2D eigenvalue weighted by molar-refractivity contribution is -0.135. The number of nitrogens with one attached hydrogen (secondary N) is 1. The first-order valence-electron chi connectivity index (χ1n) is 9.01. The molecule has 0 aliphatic heterocycles. The van der Waals surface area contributed by atoms with Crippen molar-refractivity contribution < 1.29 is 14.3 Å². The normalized spacial score (nSPS) is 18.7. The highest BCUT2D eigenvalue weighted by Crippen LogP contribution is 2.27. The Morgan fingerprint density at radius 3 is 2.65 bits per heavy atom. The zero-order chi connectivity index (χ0) is 18.2. The quantitative estimate of drug-likeness (QED) is 0.722. The number of hydrogen-bond donors (Lipinski definition) is 2. The van der Waals surface area contributed by atoms with Crippen molar-refractivity contribution in [3.8, 4) is 5.75 Å². The lowest BCUT2D eigenvalue weighted by Crippen LogP contribution is -2.40. The summed E-state index contributed by atoms with van der Waals surface area (Å²) in [6, 6.07) is 7.34. The van der Waals surface area contributed by atoms with Crippen molar-refractivity contribution in [1.82, 2.24) is 4.90 Å². The van der Waals surface area contributed by atoms with Crippen LogP contribution < -0.4 is 15.8 Å². The van der Waals surface area contributed by atoms with E-state index in [2.05, 4.69) is 5.32 Å². The van der Waals surface area contributed by atoms with Crippen LogP contribution in [0.15, 0.2) is 24.3 Å². The van der Waals surface area contributed by atoms with Crippen LogP contribution in [0.25, 0.3) is 0 Å². The molecular formula is C19H30ClN3O3. The average molecular weight is 384 g/mol. The number of carbonyl (C=O) groups excluding carboxylic acids is 2. The van der Waals surface area contributed by atoms with Crippen molar-refractivity contribution in [2.24, 2.45) is 11.7 Å². The van der Waals surface area contributed by atoms with Gasteiger partial charge in [0.15, 0.2) is 0 Å². The van der Waals surface area contributed by atoms with Crippen molar-refractivity contribution in [2.45, 2.75) is 45.1 Å². The van der Waals surface area contributed by atoms with Crippen LogP contribution in [-0.4, -0.2) is 43.0 Å². The fourth-order valence-corrected chi connectivity index (χ4v) is 3.35. The van der Waals surface area contributed by atoms with E-state index in [4.69, 9.17) is 10.5 Å². The summed E-state index contributed by atoms with van der Waals surface area (Å²) in [5, 5.41) is 2.83. The predicted molar refractivity (Wildman–Crippen MR) is 106 cm³/mol. The van der Waals surface area contributed by atoms with Crippen molar-refractivity contribution in [3.63, 3.8) is 0 Å². The predicted octanol–water partition coefficient (Wildman–Crippen LogP) is 2.81. The third-order valence-corrected chi connectivity index (χ3v) is 4.72. The fourth-order valence-electron chi connectivity index (χ4n) is 3.35. The van der Waals surface area contributed by atoms with Gasteiger partial charge in [-0.3, -0.25) is 9.59 Å². The van der Waals surface area contributed by atoms with E-state index < -0.39 is 0 Å². The molecule has 146 valence electrons. The minimum absolute atomic E-state index is 0. The van der Waals surface area contributed by atoms with Crippen molar-refractivity contribution >= 4 is 29.9 Å². The molecule has 1 aromatic rings. The number of hydrogen-bond acceptors (Lipinski definition) is 4. The smallest absolute Gasteiger partial charge is 0.244 e. The minimum Gasteiger partial charge on any atom is -0.495 e. The molecule has 2 amide bonds. The molecule has 1 fully saturated rings. The Labute approximate surface area is 161 Å². The second-order valence-electron chi connectivity index (χ2n) is 6.62. The second-order valence-corrected chi connectivity index (χ2v) is 6.62. The van der Waals surface area contributed by atoms with Crippen LogP contribution in [0, 0.1) is 5.92 Å². The Kier molecular flexibility index (Phi) is 9.44. The molecule has 1 saturated carbocycles. The number of amides is 2. The van der Waals surface area contributed by atoms with Crippen LogP contribution in [0.5, 0.6) is 5.75 Å². The zero-order valence-electron chi connectivity index (χ0n) is 15.6. The standard InChI is InChI=1S/C19H29N3O3.ClH/c1-3-11-22(19(24)12-14-7-6-8-15(14)20)13-18(23)21-16-9-4-5-10-17(16)25-2;/h4-5,9-10,14-15H,3,6-8,11-13,20H2,1-2H3,(H,21,23);1H/t14-,15+;/m0./s1. The third kappa shape index (κ3) is 6.18. The number of benzene rings is 1. The molecular weight excluding hydrogens is 354 g/mol. The number of methoxy groups -OCH3 is 1. The summed E-state index contributed by atoms with van der Waals surface area (Å²) in [5.41, 5.74) is 6.68. The first-order valence-corrected chi connectivity index (χ1v) is 9.01. The molecule has 2 atom stereocenters. The maximum Gasteiger partial charge on any atom is 0.244 e. The molecule has 1 aliphatic carbocycles. The van der Waals surface area contributed by atoms with E-state index in [1.54, 1.807) is 24.1 Å². The van der Waals surface area contributed by atoms with Crippen molar-refractivity contribution in [3.05, 3.63) is 24.3 Å². The molecule has 0 heterocycles. The van der Waals surface area contributed by atoms with Gasteiger partial charge < -0.3 is 20.7 Å². The highest BCUT2D eigenvalue weighted by Gasteiger charge is 2.28.